The van der Waals surface area contributed by atoms with Crippen molar-refractivity contribution in [2.24, 2.45) is 5.73 Å². The van der Waals surface area contributed by atoms with Crippen LogP contribution in [0.3, 0.4) is 0 Å². The van der Waals surface area contributed by atoms with Gasteiger partial charge < -0.3 is 15.8 Å². The summed E-state index contributed by atoms with van der Waals surface area (Å²) in [6, 6.07) is 5.77. The molecule has 1 aromatic carbocycles. The van der Waals surface area contributed by atoms with Crippen LogP contribution in [0.5, 0.6) is 0 Å². The van der Waals surface area contributed by atoms with Gasteiger partial charge in [-0.05, 0) is 30.7 Å². The fourth-order valence-electron chi connectivity index (χ4n) is 2.19. The molecular weight excluding hydrogens is 322 g/mol. The van der Waals surface area contributed by atoms with E-state index in [9.17, 15) is 4.79 Å². The third-order valence-corrected chi connectivity index (χ3v) is 4.18. The first kappa shape index (κ1) is 15.4. The number of rotatable bonds is 4. The van der Waals surface area contributed by atoms with Crippen molar-refractivity contribution in [1.82, 2.24) is 4.90 Å². The Bertz CT molecular complexity index is 481. The molecule has 0 aliphatic carbocycles. The second-order valence-electron chi connectivity index (χ2n) is 4.98. The molecule has 1 atom stereocenters. The molecule has 110 valence electrons. The number of benzene rings is 1. The van der Waals surface area contributed by atoms with Crippen molar-refractivity contribution < 1.29 is 9.53 Å². The minimum atomic E-state index is -0.00982. The first-order valence-corrected chi connectivity index (χ1v) is 7.48. The molecule has 0 spiro atoms. The van der Waals surface area contributed by atoms with Gasteiger partial charge in [-0.25, -0.2) is 0 Å². The highest BCUT2D eigenvalue weighted by molar-refractivity contribution is 9.10. The number of nitrogens with zero attached hydrogens (tertiary/aromatic N) is 1. The fourth-order valence-corrected chi connectivity index (χ4v) is 2.44. The van der Waals surface area contributed by atoms with Crippen LogP contribution in [0, 0.1) is 6.92 Å². The predicted octanol–water partition coefficient (Wildman–Crippen LogP) is 1.36. The van der Waals surface area contributed by atoms with Crippen molar-refractivity contribution in [1.29, 1.82) is 0 Å². The summed E-state index contributed by atoms with van der Waals surface area (Å²) in [6.07, 6.45) is 0.0338. The maximum absolute atomic E-state index is 12.0. The van der Waals surface area contributed by atoms with Gasteiger partial charge in [-0.2, -0.15) is 0 Å². The normalized spacial score (nSPS) is 19.9. The van der Waals surface area contributed by atoms with E-state index in [2.05, 4.69) is 26.1 Å². The largest absolute Gasteiger partial charge is 0.374 e. The molecule has 1 aliphatic rings. The summed E-state index contributed by atoms with van der Waals surface area (Å²) in [5.74, 6) is -0.00982. The van der Waals surface area contributed by atoms with Gasteiger partial charge in [0.2, 0.25) is 5.91 Å². The second-order valence-corrected chi connectivity index (χ2v) is 5.83. The minimum Gasteiger partial charge on any atom is -0.374 e. The molecule has 1 aliphatic heterocycles. The number of morpholine rings is 1. The highest BCUT2D eigenvalue weighted by atomic mass is 79.9. The van der Waals surface area contributed by atoms with E-state index in [0.717, 1.165) is 22.3 Å². The van der Waals surface area contributed by atoms with E-state index in [-0.39, 0.29) is 12.0 Å². The van der Waals surface area contributed by atoms with Crippen LogP contribution in [0.15, 0.2) is 22.7 Å². The van der Waals surface area contributed by atoms with Crippen LogP contribution in [-0.4, -0.2) is 49.7 Å². The average Bonchev–Trinajstić information content (AvgIpc) is 2.43. The van der Waals surface area contributed by atoms with Gasteiger partial charge in [-0.1, -0.05) is 15.9 Å². The first-order valence-electron chi connectivity index (χ1n) is 6.68. The van der Waals surface area contributed by atoms with Gasteiger partial charge in [-0.15, -0.1) is 0 Å². The molecule has 0 radical (unpaired) electrons. The minimum absolute atomic E-state index is 0.00982. The zero-order chi connectivity index (χ0) is 14.5. The molecule has 1 fully saturated rings. The van der Waals surface area contributed by atoms with Crippen LogP contribution in [-0.2, 0) is 9.53 Å². The predicted molar refractivity (Wildman–Crippen MR) is 82.7 cm³/mol. The highest BCUT2D eigenvalue weighted by Crippen LogP contribution is 2.20. The zero-order valence-corrected chi connectivity index (χ0v) is 13.1. The van der Waals surface area contributed by atoms with Gasteiger partial charge in [0.05, 0.1) is 19.3 Å². The molecule has 1 heterocycles. The number of halogens is 1. The van der Waals surface area contributed by atoms with E-state index < -0.39 is 0 Å². The molecule has 2 rings (SSSR count). The Labute approximate surface area is 127 Å². The monoisotopic (exact) mass is 341 g/mol. The van der Waals surface area contributed by atoms with Crippen molar-refractivity contribution in [2.75, 3.05) is 38.1 Å². The number of carbonyl (C=O) groups is 1. The average molecular weight is 342 g/mol. The lowest BCUT2D eigenvalue weighted by Gasteiger charge is -2.31. The van der Waals surface area contributed by atoms with Gasteiger partial charge in [0.1, 0.15) is 0 Å². The van der Waals surface area contributed by atoms with Crippen LogP contribution in [0.25, 0.3) is 0 Å². The SMILES string of the molecule is Cc1cc(NC(=O)CN2CCOC(CN)C2)ccc1Br. The molecule has 6 heteroatoms. The second kappa shape index (κ2) is 7.17. The quantitative estimate of drug-likeness (QED) is 0.867. The Kier molecular flexibility index (Phi) is 5.54. The first-order chi connectivity index (χ1) is 9.58. The lowest BCUT2D eigenvalue weighted by atomic mass is 10.2. The van der Waals surface area contributed by atoms with Crippen molar-refractivity contribution in [3.8, 4) is 0 Å². The fraction of sp³-hybridized carbons (Fsp3) is 0.500. The van der Waals surface area contributed by atoms with Crippen LogP contribution < -0.4 is 11.1 Å². The van der Waals surface area contributed by atoms with E-state index in [1.165, 1.54) is 0 Å². The number of nitrogens with one attached hydrogen (secondary N) is 1. The summed E-state index contributed by atoms with van der Waals surface area (Å²) >= 11 is 3.44. The summed E-state index contributed by atoms with van der Waals surface area (Å²) in [5.41, 5.74) is 7.51. The van der Waals surface area contributed by atoms with E-state index in [1.54, 1.807) is 0 Å². The molecular formula is C14H20BrN3O2. The topological polar surface area (TPSA) is 67.6 Å². The number of ether oxygens (including phenoxy) is 1. The zero-order valence-electron chi connectivity index (χ0n) is 11.6. The molecule has 20 heavy (non-hydrogen) atoms. The molecule has 0 aromatic heterocycles. The Hall–Kier alpha value is -0.950. The van der Waals surface area contributed by atoms with E-state index in [0.29, 0.717) is 26.2 Å². The number of anilines is 1. The molecule has 5 nitrogen and oxygen atoms in total. The van der Waals surface area contributed by atoms with E-state index >= 15 is 0 Å². The summed E-state index contributed by atoms with van der Waals surface area (Å²) in [4.78, 5) is 14.1. The third kappa shape index (κ3) is 4.28. The van der Waals surface area contributed by atoms with Gasteiger partial charge in [0, 0.05) is 29.8 Å². The van der Waals surface area contributed by atoms with Crippen molar-refractivity contribution in [2.45, 2.75) is 13.0 Å². The summed E-state index contributed by atoms with van der Waals surface area (Å²) in [7, 11) is 0. The number of aryl methyl sites for hydroxylation is 1. The van der Waals surface area contributed by atoms with Gasteiger partial charge in [0.25, 0.3) is 0 Å². The lowest BCUT2D eigenvalue weighted by Crippen LogP contribution is -2.48. The van der Waals surface area contributed by atoms with Gasteiger partial charge >= 0.3 is 0 Å². The summed E-state index contributed by atoms with van der Waals surface area (Å²) in [6.45, 7) is 4.96. The Morgan fingerprint density at radius 3 is 3.10 bits per heavy atom. The van der Waals surface area contributed by atoms with Crippen molar-refractivity contribution in [3.05, 3.63) is 28.2 Å². The maximum atomic E-state index is 12.0. The molecule has 0 saturated carbocycles. The van der Waals surface area contributed by atoms with Gasteiger partial charge in [0.15, 0.2) is 0 Å². The van der Waals surface area contributed by atoms with Crippen LogP contribution in [0.4, 0.5) is 5.69 Å². The maximum Gasteiger partial charge on any atom is 0.238 e. The number of hydrogen-bond donors (Lipinski definition) is 2. The molecule has 1 aromatic rings. The molecule has 1 unspecified atom stereocenters. The Morgan fingerprint density at radius 1 is 1.60 bits per heavy atom. The van der Waals surface area contributed by atoms with Crippen LogP contribution in [0.1, 0.15) is 5.56 Å². The third-order valence-electron chi connectivity index (χ3n) is 3.29. The van der Waals surface area contributed by atoms with E-state index in [4.69, 9.17) is 10.5 Å². The number of nitrogens with two attached hydrogens (primary N) is 1. The van der Waals surface area contributed by atoms with Crippen molar-refractivity contribution >= 4 is 27.5 Å². The van der Waals surface area contributed by atoms with Gasteiger partial charge in [-0.3, -0.25) is 9.69 Å². The van der Waals surface area contributed by atoms with E-state index in [1.807, 2.05) is 25.1 Å². The summed E-state index contributed by atoms with van der Waals surface area (Å²) in [5, 5.41) is 2.92. The van der Waals surface area contributed by atoms with Crippen LogP contribution in [0.2, 0.25) is 0 Å². The highest BCUT2D eigenvalue weighted by Gasteiger charge is 2.20. The van der Waals surface area contributed by atoms with Crippen LogP contribution >= 0.6 is 15.9 Å². The molecule has 1 amide bonds. The number of carbonyl (C=O) groups excluding carboxylic acids is 1. The Morgan fingerprint density at radius 2 is 2.40 bits per heavy atom. The molecule has 0 bridgehead atoms. The standard InChI is InChI=1S/C14H20BrN3O2/c1-10-6-11(2-3-13(10)15)17-14(19)9-18-4-5-20-12(7-16)8-18/h2-3,6,12H,4-5,7-9,16H2,1H3,(H,17,19). The van der Waals surface area contributed by atoms with Crippen molar-refractivity contribution in [3.63, 3.8) is 0 Å². The number of hydrogen-bond acceptors (Lipinski definition) is 4. The Balaban J connectivity index is 1.87. The summed E-state index contributed by atoms with van der Waals surface area (Å²) < 4.78 is 6.52. The number of amides is 1. The molecule has 3 N–H and O–H groups in total. The molecule has 1 saturated heterocycles. The lowest BCUT2D eigenvalue weighted by molar-refractivity contribution is -0.119. The smallest absolute Gasteiger partial charge is 0.238 e.